The van der Waals surface area contributed by atoms with Crippen molar-refractivity contribution in [2.45, 2.75) is 19.1 Å². The van der Waals surface area contributed by atoms with E-state index < -0.39 is 12.2 Å². The Bertz CT molecular complexity index is 1040. The van der Waals surface area contributed by atoms with Gasteiger partial charge in [0.15, 0.2) is 6.10 Å². The van der Waals surface area contributed by atoms with Crippen LogP contribution in [0.5, 0.6) is 0 Å². The highest BCUT2D eigenvalue weighted by molar-refractivity contribution is 5.98. The molecule has 3 aromatic rings. The van der Waals surface area contributed by atoms with E-state index >= 15 is 0 Å². The molecule has 2 heterocycles. The van der Waals surface area contributed by atoms with Gasteiger partial charge in [0, 0.05) is 17.8 Å². The van der Waals surface area contributed by atoms with Crippen molar-refractivity contribution in [1.29, 1.82) is 5.41 Å². The summed E-state index contributed by atoms with van der Waals surface area (Å²) in [6.45, 7) is 2.72. The van der Waals surface area contributed by atoms with Crippen LogP contribution in [-0.4, -0.2) is 46.1 Å². The van der Waals surface area contributed by atoms with Crippen molar-refractivity contribution in [2.24, 2.45) is 5.73 Å². The third kappa shape index (κ3) is 3.23. The summed E-state index contributed by atoms with van der Waals surface area (Å²) in [6.07, 6.45) is -2.29. The Balaban J connectivity index is 1.60. The molecule has 2 atom stereocenters. The summed E-state index contributed by atoms with van der Waals surface area (Å²) in [5, 5.41) is 18.3. The Labute approximate surface area is 161 Å². The summed E-state index contributed by atoms with van der Waals surface area (Å²) in [7, 11) is 0. The minimum Gasteiger partial charge on any atom is -0.384 e. The number of aliphatic hydroxyl groups is 1. The fraction of sp³-hybridized carbons (Fsp3) is 0.250. The van der Waals surface area contributed by atoms with Crippen molar-refractivity contribution in [1.82, 2.24) is 9.97 Å². The van der Waals surface area contributed by atoms with E-state index in [1.807, 2.05) is 31.2 Å². The molecule has 8 heteroatoms. The number of nitrogen functional groups attached to an aromatic ring is 1. The fourth-order valence-corrected chi connectivity index (χ4v) is 3.29. The van der Waals surface area contributed by atoms with Gasteiger partial charge in [-0.3, -0.25) is 10.2 Å². The van der Waals surface area contributed by atoms with E-state index in [0.29, 0.717) is 29.7 Å². The number of H-pyrrole nitrogens is 1. The van der Waals surface area contributed by atoms with Crippen molar-refractivity contribution in [2.75, 3.05) is 18.1 Å². The van der Waals surface area contributed by atoms with E-state index in [4.69, 9.17) is 15.9 Å². The van der Waals surface area contributed by atoms with Gasteiger partial charge in [0.25, 0.3) is 5.91 Å². The Hall–Kier alpha value is -3.23. The van der Waals surface area contributed by atoms with Gasteiger partial charge in [0.2, 0.25) is 0 Å². The van der Waals surface area contributed by atoms with Gasteiger partial charge in [-0.05, 0) is 37.3 Å². The predicted octanol–water partition coefficient (Wildman–Crippen LogP) is 1.62. The van der Waals surface area contributed by atoms with Crippen molar-refractivity contribution < 1.29 is 14.6 Å². The number of hydrogen-bond acceptors (Lipinski definition) is 5. The number of aryl methyl sites for hydroxylation is 1. The second kappa shape index (κ2) is 7.06. The van der Waals surface area contributed by atoms with Crippen LogP contribution in [0.1, 0.15) is 23.1 Å². The van der Waals surface area contributed by atoms with Crippen LogP contribution in [-0.2, 0) is 9.53 Å². The molecule has 28 heavy (non-hydrogen) atoms. The molecule has 1 fully saturated rings. The van der Waals surface area contributed by atoms with Gasteiger partial charge in [-0.15, -0.1) is 0 Å². The third-order valence-corrected chi connectivity index (χ3v) is 4.85. The number of anilines is 1. The Morgan fingerprint density at radius 2 is 2.11 bits per heavy atom. The van der Waals surface area contributed by atoms with Gasteiger partial charge in [0.05, 0.1) is 17.6 Å². The number of imidazole rings is 1. The molecule has 1 aliphatic rings. The zero-order valence-electron chi connectivity index (χ0n) is 15.3. The highest BCUT2D eigenvalue weighted by Crippen LogP contribution is 2.27. The van der Waals surface area contributed by atoms with Gasteiger partial charge in [-0.25, -0.2) is 4.98 Å². The molecule has 5 N–H and O–H groups in total. The van der Waals surface area contributed by atoms with Crippen LogP contribution in [0.15, 0.2) is 42.5 Å². The molecule has 0 radical (unpaired) electrons. The summed E-state index contributed by atoms with van der Waals surface area (Å²) in [5.41, 5.74) is 9.17. The Morgan fingerprint density at radius 1 is 1.36 bits per heavy atom. The van der Waals surface area contributed by atoms with Gasteiger partial charge in [-0.1, -0.05) is 17.7 Å². The molecule has 1 aromatic heterocycles. The van der Waals surface area contributed by atoms with Gasteiger partial charge in [-0.2, -0.15) is 0 Å². The van der Waals surface area contributed by atoms with E-state index in [-0.39, 0.29) is 17.6 Å². The topological polar surface area (TPSA) is 128 Å². The third-order valence-electron chi connectivity index (χ3n) is 4.85. The van der Waals surface area contributed by atoms with Crippen LogP contribution in [0.25, 0.3) is 11.0 Å². The summed E-state index contributed by atoms with van der Waals surface area (Å²) < 4.78 is 5.58. The molecule has 0 bridgehead atoms. The fourth-order valence-electron chi connectivity index (χ4n) is 3.29. The zero-order chi connectivity index (χ0) is 19.8. The number of amidine groups is 1. The number of rotatable bonds is 4. The number of nitrogens with two attached hydrogens (primary N) is 1. The molecular formula is C20H21N5O3. The van der Waals surface area contributed by atoms with E-state index in [0.717, 1.165) is 11.3 Å². The minimum atomic E-state index is -1.24. The number of fused-ring (bicyclic) bond motifs is 1. The van der Waals surface area contributed by atoms with Gasteiger partial charge in [0.1, 0.15) is 17.8 Å². The number of nitrogens with one attached hydrogen (secondary N) is 2. The van der Waals surface area contributed by atoms with Crippen molar-refractivity contribution in [3.05, 3.63) is 59.4 Å². The predicted molar refractivity (Wildman–Crippen MR) is 105 cm³/mol. The smallest absolute Gasteiger partial charge is 0.259 e. The van der Waals surface area contributed by atoms with E-state index in [1.165, 1.54) is 0 Å². The minimum absolute atomic E-state index is 0.0573. The molecule has 1 aliphatic heterocycles. The first-order valence-corrected chi connectivity index (χ1v) is 8.96. The Kier molecular flexibility index (Phi) is 4.58. The monoisotopic (exact) mass is 379 g/mol. The summed E-state index contributed by atoms with van der Waals surface area (Å²) in [5.74, 6) is -0.134. The lowest BCUT2D eigenvalue weighted by atomic mass is 10.1. The molecule has 144 valence electrons. The van der Waals surface area contributed by atoms with Gasteiger partial charge >= 0.3 is 0 Å². The maximum Gasteiger partial charge on any atom is 0.259 e. The Morgan fingerprint density at radius 3 is 2.82 bits per heavy atom. The normalized spacial score (nSPS) is 18.4. The van der Waals surface area contributed by atoms with Crippen LogP contribution in [0.4, 0.5) is 5.69 Å². The van der Waals surface area contributed by atoms with Crippen LogP contribution < -0.4 is 10.6 Å². The molecule has 8 nitrogen and oxygen atoms in total. The van der Waals surface area contributed by atoms with Crippen molar-refractivity contribution >= 4 is 28.5 Å². The average molecular weight is 379 g/mol. The highest BCUT2D eigenvalue weighted by atomic mass is 16.5. The molecule has 1 amide bonds. The number of amides is 1. The number of carbonyl (C=O) groups is 1. The number of morpholine rings is 1. The number of benzene rings is 2. The lowest BCUT2D eigenvalue weighted by Gasteiger charge is -2.34. The summed E-state index contributed by atoms with van der Waals surface area (Å²) in [4.78, 5) is 21.9. The number of aliphatic hydroxyl groups excluding tert-OH is 1. The van der Waals surface area contributed by atoms with E-state index in [9.17, 15) is 9.90 Å². The van der Waals surface area contributed by atoms with E-state index in [1.54, 1.807) is 23.1 Å². The number of ether oxygens (including phenoxy) is 1. The molecule has 0 saturated carbocycles. The molecular weight excluding hydrogens is 358 g/mol. The average Bonchev–Trinajstić information content (AvgIpc) is 3.12. The number of aromatic nitrogens is 2. The lowest BCUT2D eigenvalue weighted by molar-refractivity contribution is -0.143. The molecule has 2 aromatic carbocycles. The SMILES string of the molecule is Cc1ccc(N2CCO[C@H](C(O)c3nc4ccc(C(=N)N)cc4[nH]3)C2=O)cc1. The summed E-state index contributed by atoms with van der Waals surface area (Å²) >= 11 is 0. The van der Waals surface area contributed by atoms with Crippen LogP contribution >= 0.6 is 0 Å². The number of nitrogens with zero attached hydrogens (tertiary/aromatic N) is 2. The molecule has 0 spiro atoms. The number of hydrogen-bond donors (Lipinski definition) is 4. The number of carbonyl (C=O) groups excluding carboxylic acids is 1. The standard InChI is InChI=1S/C20H21N5O3/c1-11-2-5-13(6-3-11)25-8-9-28-17(20(25)27)16(26)19-23-14-7-4-12(18(21)22)10-15(14)24-19/h2-7,10,16-17,26H,8-9H2,1H3,(H3,21,22)(H,23,24)/t16?,17-/m1/s1. The highest BCUT2D eigenvalue weighted by Gasteiger charge is 2.38. The maximum atomic E-state index is 12.9. The van der Waals surface area contributed by atoms with Gasteiger partial charge < -0.3 is 25.5 Å². The molecule has 1 saturated heterocycles. The maximum absolute atomic E-state index is 12.9. The summed E-state index contributed by atoms with van der Waals surface area (Å²) in [6, 6.07) is 12.7. The van der Waals surface area contributed by atoms with Crippen LogP contribution in [0, 0.1) is 12.3 Å². The van der Waals surface area contributed by atoms with E-state index in [2.05, 4.69) is 9.97 Å². The first kappa shape index (κ1) is 18.1. The molecule has 1 unspecified atom stereocenters. The van der Waals surface area contributed by atoms with Crippen LogP contribution in [0.3, 0.4) is 0 Å². The first-order valence-electron chi connectivity index (χ1n) is 8.96. The molecule has 4 rings (SSSR count). The number of aromatic amines is 1. The second-order valence-corrected chi connectivity index (χ2v) is 6.83. The second-order valence-electron chi connectivity index (χ2n) is 6.83. The van der Waals surface area contributed by atoms with Crippen molar-refractivity contribution in [3.63, 3.8) is 0 Å². The lowest BCUT2D eigenvalue weighted by Crippen LogP contribution is -2.50. The quantitative estimate of drug-likeness (QED) is 0.404. The zero-order valence-corrected chi connectivity index (χ0v) is 15.3. The van der Waals surface area contributed by atoms with Crippen molar-refractivity contribution in [3.8, 4) is 0 Å². The first-order chi connectivity index (χ1) is 13.4. The molecule has 0 aliphatic carbocycles. The van der Waals surface area contributed by atoms with Crippen LogP contribution in [0.2, 0.25) is 0 Å². The largest absolute Gasteiger partial charge is 0.384 e.